The second kappa shape index (κ2) is 4.59. The lowest BCUT2D eigenvalue weighted by atomic mass is 9.89. The Kier molecular flexibility index (Phi) is 2.73. The van der Waals surface area contributed by atoms with Crippen LogP contribution in [0.15, 0.2) is 28.8 Å². The molecule has 0 aliphatic carbocycles. The number of rotatable bonds is 3. The lowest BCUT2D eigenvalue weighted by Crippen LogP contribution is -2.15. The SMILES string of the molecule is Nc1cccc(Cc2nc(C3CC4CCC3O4)no2)c1. The summed E-state index contributed by atoms with van der Waals surface area (Å²) in [7, 11) is 0. The first kappa shape index (κ1) is 11.9. The van der Waals surface area contributed by atoms with E-state index in [4.69, 9.17) is 15.0 Å². The fourth-order valence-electron chi connectivity index (χ4n) is 3.28. The minimum atomic E-state index is 0.290. The summed E-state index contributed by atoms with van der Waals surface area (Å²) in [4.78, 5) is 4.54. The van der Waals surface area contributed by atoms with Crippen LogP contribution in [0, 0.1) is 0 Å². The van der Waals surface area contributed by atoms with Crippen molar-refractivity contribution in [2.75, 3.05) is 5.73 Å². The molecule has 3 heterocycles. The van der Waals surface area contributed by atoms with Gasteiger partial charge in [0.15, 0.2) is 5.82 Å². The summed E-state index contributed by atoms with van der Waals surface area (Å²) < 4.78 is 11.2. The molecular weight excluding hydrogens is 254 g/mol. The zero-order chi connectivity index (χ0) is 13.5. The molecule has 2 aliphatic rings. The molecule has 1 aromatic carbocycles. The molecule has 4 rings (SSSR count). The molecule has 20 heavy (non-hydrogen) atoms. The lowest BCUT2D eigenvalue weighted by molar-refractivity contribution is 0.0996. The molecule has 2 saturated heterocycles. The van der Waals surface area contributed by atoms with E-state index in [0.29, 0.717) is 24.3 Å². The van der Waals surface area contributed by atoms with Crippen molar-refractivity contribution in [3.63, 3.8) is 0 Å². The van der Waals surface area contributed by atoms with Crippen LogP contribution in [0.2, 0.25) is 0 Å². The molecule has 2 fully saturated rings. The van der Waals surface area contributed by atoms with Crippen molar-refractivity contribution in [1.82, 2.24) is 10.1 Å². The van der Waals surface area contributed by atoms with Crippen LogP contribution in [0.5, 0.6) is 0 Å². The van der Waals surface area contributed by atoms with Gasteiger partial charge in [0.25, 0.3) is 0 Å². The molecule has 2 N–H and O–H groups in total. The molecule has 5 nitrogen and oxygen atoms in total. The predicted molar refractivity (Wildman–Crippen MR) is 73.2 cm³/mol. The van der Waals surface area contributed by atoms with Gasteiger partial charge < -0.3 is 15.0 Å². The van der Waals surface area contributed by atoms with Gasteiger partial charge in [-0.1, -0.05) is 17.3 Å². The molecule has 3 atom stereocenters. The third-order valence-electron chi connectivity index (χ3n) is 4.23. The van der Waals surface area contributed by atoms with Gasteiger partial charge in [-0.3, -0.25) is 0 Å². The van der Waals surface area contributed by atoms with E-state index in [9.17, 15) is 0 Å². The minimum Gasteiger partial charge on any atom is -0.399 e. The summed E-state index contributed by atoms with van der Waals surface area (Å²) >= 11 is 0. The normalized spacial score (nSPS) is 28.1. The molecule has 0 radical (unpaired) electrons. The molecule has 2 bridgehead atoms. The van der Waals surface area contributed by atoms with Gasteiger partial charge in [0, 0.05) is 5.69 Å². The molecule has 5 heteroatoms. The van der Waals surface area contributed by atoms with Crippen LogP contribution < -0.4 is 5.73 Å². The summed E-state index contributed by atoms with van der Waals surface area (Å²) in [6, 6.07) is 7.76. The first-order chi connectivity index (χ1) is 9.78. The maximum atomic E-state index is 5.84. The standard InChI is InChI=1S/C15H17N3O2/c16-10-3-1-2-9(6-10)7-14-17-15(18-20-14)12-8-11-4-5-13(12)19-11/h1-3,6,11-13H,4-5,7-8,16H2. The second-order valence-corrected chi connectivity index (χ2v) is 5.68. The van der Waals surface area contributed by atoms with E-state index in [2.05, 4.69) is 10.1 Å². The molecule has 2 aliphatic heterocycles. The van der Waals surface area contributed by atoms with Crippen molar-refractivity contribution >= 4 is 5.69 Å². The molecule has 0 spiro atoms. The number of nitrogen functional groups attached to an aromatic ring is 1. The van der Waals surface area contributed by atoms with Crippen LogP contribution in [-0.4, -0.2) is 22.3 Å². The highest BCUT2D eigenvalue weighted by molar-refractivity contribution is 5.41. The number of nitrogens with two attached hydrogens (primary N) is 1. The Balaban J connectivity index is 1.51. The van der Waals surface area contributed by atoms with Gasteiger partial charge in [-0.25, -0.2) is 0 Å². The molecular formula is C15H17N3O2. The monoisotopic (exact) mass is 271 g/mol. The largest absolute Gasteiger partial charge is 0.399 e. The van der Waals surface area contributed by atoms with Gasteiger partial charge >= 0.3 is 0 Å². The predicted octanol–water partition coefficient (Wildman–Crippen LogP) is 2.28. The number of anilines is 1. The minimum absolute atomic E-state index is 0.290. The van der Waals surface area contributed by atoms with Crippen LogP contribution in [0.25, 0.3) is 0 Å². The highest BCUT2D eigenvalue weighted by atomic mass is 16.5. The van der Waals surface area contributed by atoms with Crippen LogP contribution in [-0.2, 0) is 11.2 Å². The van der Waals surface area contributed by atoms with Gasteiger partial charge in [0.05, 0.1) is 24.5 Å². The summed E-state index contributed by atoms with van der Waals surface area (Å²) in [5, 5.41) is 4.14. The number of nitrogens with zero attached hydrogens (tertiary/aromatic N) is 2. The van der Waals surface area contributed by atoms with Crippen molar-refractivity contribution in [2.24, 2.45) is 0 Å². The molecule has 2 aromatic rings. The Bertz CT molecular complexity index is 625. The summed E-state index contributed by atoms with van der Waals surface area (Å²) in [5.74, 6) is 1.76. The van der Waals surface area contributed by atoms with Crippen LogP contribution in [0.3, 0.4) is 0 Å². The van der Waals surface area contributed by atoms with E-state index >= 15 is 0 Å². The molecule has 3 unspecified atom stereocenters. The van der Waals surface area contributed by atoms with Crippen LogP contribution >= 0.6 is 0 Å². The van der Waals surface area contributed by atoms with E-state index < -0.39 is 0 Å². The van der Waals surface area contributed by atoms with Gasteiger partial charge in [-0.2, -0.15) is 4.98 Å². The Hall–Kier alpha value is -1.88. The zero-order valence-corrected chi connectivity index (χ0v) is 11.2. The summed E-state index contributed by atoms with van der Waals surface area (Å²) in [5.41, 5.74) is 7.62. The smallest absolute Gasteiger partial charge is 0.231 e. The van der Waals surface area contributed by atoms with Crippen molar-refractivity contribution in [3.8, 4) is 0 Å². The highest BCUT2D eigenvalue weighted by Gasteiger charge is 2.43. The van der Waals surface area contributed by atoms with Gasteiger partial charge in [0.1, 0.15) is 0 Å². The Morgan fingerprint density at radius 2 is 2.25 bits per heavy atom. The third kappa shape index (κ3) is 2.08. The maximum absolute atomic E-state index is 5.84. The Labute approximate surface area is 117 Å². The van der Waals surface area contributed by atoms with E-state index in [1.807, 2.05) is 24.3 Å². The summed E-state index contributed by atoms with van der Waals surface area (Å²) in [6.45, 7) is 0. The lowest BCUT2D eigenvalue weighted by Gasteiger charge is -2.13. The van der Waals surface area contributed by atoms with E-state index in [0.717, 1.165) is 29.9 Å². The fourth-order valence-corrected chi connectivity index (χ4v) is 3.28. The van der Waals surface area contributed by atoms with Crippen molar-refractivity contribution < 1.29 is 9.26 Å². The van der Waals surface area contributed by atoms with E-state index in [1.54, 1.807) is 0 Å². The number of hydrogen-bond acceptors (Lipinski definition) is 5. The Morgan fingerprint density at radius 3 is 3.00 bits per heavy atom. The number of benzene rings is 1. The maximum Gasteiger partial charge on any atom is 0.231 e. The van der Waals surface area contributed by atoms with E-state index in [-0.39, 0.29) is 6.10 Å². The second-order valence-electron chi connectivity index (χ2n) is 5.68. The van der Waals surface area contributed by atoms with Crippen molar-refractivity contribution in [1.29, 1.82) is 0 Å². The average molecular weight is 271 g/mol. The highest BCUT2D eigenvalue weighted by Crippen LogP contribution is 2.43. The quantitative estimate of drug-likeness (QED) is 0.867. The first-order valence-electron chi connectivity index (χ1n) is 7.10. The third-order valence-corrected chi connectivity index (χ3v) is 4.23. The van der Waals surface area contributed by atoms with Crippen LogP contribution in [0.4, 0.5) is 5.69 Å². The molecule has 0 saturated carbocycles. The van der Waals surface area contributed by atoms with Crippen molar-refractivity contribution in [2.45, 2.75) is 43.8 Å². The topological polar surface area (TPSA) is 74.2 Å². The van der Waals surface area contributed by atoms with Gasteiger partial charge in [-0.05, 0) is 37.0 Å². The zero-order valence-electron chi connectivity index (χ0n) is 11.2. The summed E-state index contributed by atoms with van der Waals surface area (Å²) in [6.07, 6.45) is 4.64. The molecule has 1 aromatic heterocycles. The number of aromatic nitrogens is 2. The van der Waals surface area contributed by atoms with Gasteiger partial charge in [0.2, 0.25) is 5.89 Å². The van der Waals surface area contributed by atoms with E-state index in [1.165, 1.54) is 6.42 Å². The first-order valence-corrected chi connectivity index (χ1v) is 7.10. The molecule has 104 valence electrons. The number of hydrogen-bond donors (Lipinski definition) is 1. The fraction of sp³-hybridized carbons (Fsp3) is 0.467. The van der Waals surface area contributed by atoms with Gasteiger partial charge in [-0.15, -0.1) is 0 Å². The number of fused-ring (bicyclic) bond motifs is 2. The van der Waals surface area contributed by atoms with Crippen molar-refractivity contribution in [3.05, 3.63) is 41.5 Å². The van der Waals surface area contributed by atoms with Crippen LogP contribution in [0.1, 0.15) is 42.5 Å². The Morgan fingerprint density at radius 1 is 1.30 bits per heavy atom. The molecule has 0 amide bonds. The average Bonchev–Trinajstić information content (AvgIpc) is 3.13. The number of ether oxygens (including phenoxy) is 1.